The fraction of sp³-hybridized carbons (Fsp3) is 1.00. The predicted octanol–water partition coefficient (Wildman–Crippen LogP) is 0.954. The molecule has 0 aliphatic carbocycles. The summed E-state index contributed by atoms with van der Waals surface area (Å²) in [5.74, 6) is 0. The first-order valence-electron chi connectivity index (χ1n) is 4.36. The van der Waals surface area contributed by atoms with Crippen LogP contribution in [0.3, 0.4) is 0 Å². The average molecular weight is 284 g/mol. The molecule has 0 aromatic carbocycles. The van der Waals surface area contributed by atoms with E-state index in [1.807, 2.05) is 41.5 Å². The average Bonchev–Trinajstić information content (AvgIpc) is 1.76. The van der Waals surface area contributed by atoms with Crippen LogP contribution in [0.1, 0.15) is 41.5 Å². The van der Waals surface area contributed by atoms with Gasteiger partial charge in [-0.1, -0.05) is 0 Å². The summed E-state index contributed by atoms with van der Waals surface area (Å²) in [5.41, 5.74) is -0.430. The van der Waals surface area contributed by atoms with Crippen molar-refractivity contribution in [2.24, 2.45) is 0 Å². The van der Waals surface area contributed by atoms with E-state index in [1.165, 1.54) is 0 Å². The van der Waals surface area contributed by atoms with Crippen molar-refractivity contribution in [2.75, 3.05) is 0 Å². The van der Waals surface area contributed by atoms with Gasteiger partial charge in [0.1, 0.15) is 0 Å². The van der Waals surface area contributed by atoms with Gasteiger partial charge >= 0.3 is 59.2 Å². The molecule has 3 N–H and O–H groups in total. The summed E-state index contributed by atoms with van der Waals surface area (Å²) >= 11 is 0. The normalized spacial score (nSPS) is 12.3. The molecule has 0 fully saturated rings. The van der Waals surface area contributed by atoms with E-state index < -0.39 is 7.82 Å². The molecule has 0 bridgehead atoms. The van der Waals surface area contributed by atoms with E-state index in [0.29, 0.717) is 0 Å². The molecule has 96 valence electrons. The van der Waals surface area contributed by atoms with Gasteiger partial charge in [0, 0.05) is 0 Å². The second-order valence-electron chi connectivity index (χ2n) is 4.90. The van der Waals surface area contributed by atoms with Crippen LogP contribution in [0.2, 0.25) is 0 Å². The Hall–Kier alpha value is 1.67. The van der Waals surface area contributed by atoms with Crippen molar-refractivity contribution in [1.29, 1.82) is 0 Å². The van der Waals surface area contributed by atoms with E-state index in [2.05, 4.69) is 0 Å². The van der Waals surface area contributed by atoms with Gasteiger partial charge < -0.3 is 14.7 Å². The second kappa shape index (κ2) is 8.71. The van der Waals surface area contributed by atoms with Gasteiger partial charge in [0.15, 0.2) is 0 Å². The molecule has 0 atom stereocenters. The molecule has 0 aliphatic rings. The summed E-state index contributed by atoms with van der Waals surface area (Å²) in [6, 6.07) is 0. The molecular formula is C8H22KO6P. The van der Waals surface area contributed by atoms with Crippen LogP contribution < -0.4 is 0 Å². The first-order chi connectivity index (χ1) is 6.21. The van der Waals surface area contributed by atoms with Gasteiger partial charge in [0.2, 0.25) is 0 Å². The zero-order valence-electron chi connectivity index (χ0n) is 10.0. The van der Waals surface area contributed by atoms with Crippen LogP contribution in [0.5, 0.6) is 0 Å². The molecule has 16 heavy (non-hydrogen) atoms. The van der Waals surface area contributed by atoms with Crippen LogP contribution in [0.25, 0.3) is 0 Å². The van der Waals surface area contributed by atoms with E-state index in [0.717, 1.165) is 0 Å². The van der Waals surface area contributed by atoms with Crippen LogP contribution in [-0.2, 0) is 14.3 Å². The molecule has 0 spiro atoms. The first-order valence-corrected chi connectivity index (χ1v) is 5.92. The quantitative estimate of drug-likeness (QED) is 0.287. The number of rotatable bonds is 1. The zero-order valence-corrected chi connectivity index (χ0v) is 10.9. The van der Waals surface area contributed by atoms with Crippen molar-refractivity contribution in [3.05, 3.63) is 0 Å². The number of phosphoric acid groups is 1. The van der Waals surface area contributed by atoms with Gasteiger partial charge in [-0.2, -0.15) is 0 Å². The Morgan fingerprint density at radius 2 is 0.938 bits per heavy atom. The third kappa shape index (κ3) is 44.9. The Bertz CT molecular complexity index is 191. The fourth-order valence-electron chi connectivity index (χ4n) is 0.250. The molecule has 0 saturated carbocycles. The van der Waals surface area contributed by atoms with Gasteiger partial charge in [-0.3, -0.25) is 0 Å². The second-order valence-corrected chi connectivity index (χ2v) is 5.93. The fourth-order valence-corrected chi connectivity index (χ4v) is 0.250. The van der Waals surface area contributed by atoms with E-state index >= 15 is 0 Å². The third-order valence-electron chi connectivity index (χ3n) is 0.542. The first kappa shape index (κ1) is 22.8. The minimum absolute atomic E-state index is 0. The molecule has 0 heterocycles. The van der Waals surface area contributed by atoms with E-state index in [1.54, 1.807) is 0 Å². The van der Waals surface area contributed by atoms with Crippen molar-refractivity contribution < 1.29 is 29.0 Å². The summed E-state index contributed by atoms with van der Waals surface area (Å²) in [4.78, 5) is 31.8. The molecule has 0 amide bonds. The van der Waals surface area contributed by atoms with Crippen molar-refractivity contribution in [2.45, 2.75) is 52.7 Å². The van der Waals surface area contributed by atoms with Crippen molar-refractivity contribution in [1.82, 2.24) is 0 Å². The Kier molecular flexibility index (Phi) is 12.4. The maximum atomic E-state index is 8.88. The molecule has 0 rings (SSSR count). The topological polar surface area (TPSA) is 96.2 Å². The Balaban J connectivity index is -0.000000242. The Morgan fingerprint density at radius 3 is 1.00 bits per heavy atom. The van der Waals surface area contributed by atoms with Crippen LogP contribution in [0.4, 0.5) is 0 Å². The Morgan fingerprint density at radius 1 is 0.812 bits per heavy atom. The molecular weight excluding hydrogens is 262 g/mol. The number of hydrogen-bond donors (Lipinski definition) is 3. The standard InChI is InChI=1S/C8H18O2.K.H3O4P.H/c1-7(2,3)9-10-8(4,5)6;;1-5(2,3)4;/h1-6H3;;(H3,1,2,3,4);. The van der Waals surface area contributed by atoms with Gasteiger partial charge in [-0.15, -0.1) is 0 Å². The van der Waals surface area contributed by atoms with Crippen LogP contribution in [0.15, 0.2) is 0 Å². The molecule has 0 radical (unpaired) electrons. The summed E-state index contributed by atoms with van der Waals surface area (Å²) in [5, 5.41) is 0. The summed E-state index contributed by atoms with van der Waals surface area (Å²) in [6.45, 7) is 11.7. The maximum absolute atomic E-state index is 8.88. The summed E-state index contributed by atoms with van der Waals surface area (Å²) in [7, 11) is -4.64. The van der Waals surface area contributed by atoms with Crippen LogP contribution in [0, 0.1) is 0 Å². The molecule has 0 aromatic rings. The zero-order chi connectivity index (χ0) is 12.9. The molecule has 0 aliphatic heterocycles. The van der Waals surface area contributed by atoms with E-state index in [4.69, 9.17) is 29.0 Å². The van der Waals surface area contributed by atoms with E-state index in [-0.39, 0.29) is 62.6 Å². The van der Waals surface area contributed by atoms with E-state index in [9.17, 15) is 0 Å². The van der Waals surface area contributed by atoms with Gasteiger partial charge in [-0.25, -0.2) is 14.3 Å². The van der Waals surface area contributed by atoms with Gasteiger partial charge in [-0.05, 0) is 41.5 Å². The van der Waals surface area contributed by atoms with Crippen molar-refractivity contribution >= 4 is 59.2 Å². The molecule has 6 nitrogen and oxygen atoms in total. The molecule has 8 heteroatoms. The SMILES string of the molecule is CC(C)(C)OOC(C)(C)C.O=P(O)(O)O.[KH]. The minimum atomic E-state index is -4.64. The monoisotopic (exact) mass is 284 g/mol. The number of hydrogen-bond acceptors (Lipinski definition) is 3. The van der Waals surface area contributed by atoms with Crippen LogP contribution in [-0.4, -0.2) is 77.3 Å². The predicted molar refractivity (Wildman–Crippen MR) is 63.1 cm³/mol. The van der Waals surface area contributed by atoms with Crippen molar-refractivity contribution in [3.63, 3.8) is 0 Å². The molecule has 0 unspecified atom stereocenters. The summed E-state index contributed by atoms with van der Waals surface area (Å²) in [6.07, 6.45) is 0. The van der Waals surface area contributed by atoms with Crippen LogP contribution >= 0.6 is 7.82 Å². The Labute approximate surface area is 139 Å². The van der Waals surface area contributed by atoms with Gasteiger partial charge in [0.05, 0.1) is 11.2 Å². The van der Waals surface area contributed by atoms with Crippen molar-refractivity contribution in [3.8, 4) is 0 Å². The summed E-state index contributed by atoms with van der Waals surface area (Å²) < 4.78 is 8.88. The molecule has 0 saturated heterocycles. The molecule has 0 aromatic heterocycles. The van der Waals surface area contributed by atoms with Gasteiger partial charge in [0.25, 0.3) is 0 Å². The third-order valence-corrected chi connectivity index (χ3v) is 0.542.